The van der Waals surface area contributed by atoms with Crippen LogP contribution in [0.3, 0.4) is 0 Å². The molecule has 2 N–H and O–H groups in total. The molecule has 31 heavy (non-hydrogen) atoms. The first kappa shape index (κ1) is 21.4. The van der Waals surface area contributed by atoms with E-state index in [1.54, 1.807) is 15.8 Å². The van der Waals surface area contributed by atoms with Crippen molar-refractivity contribution in [2.24, 2.45) is 0 Å². The zero-order chi connectivity index (χ0) is 22.2. The molecule has 0 aliphatic carbocycles. The summed E-state index contributed by atoms with van der Waals surface area (Å²) in [5.41, 5.74) is 5.10. The largest absolute Gasteiger partial charge is 0.416 e. The van der Waals surface area contributed by atoms with Crippen molar-refractivity contribution in [3.63, 3.8) is 0 Å². The fourth-order valence-corrected chi connectivity index (χ4v) is 3.96. The third-order valence-electron chi connectivity index (χ3n) is 5.61. The molecular formula is C20H21F5N6. The van der Waals surface area contributed by atoms with Crippen LogP contribution < -0.4 is 5.73 Å². The summed E-state index contributed by atoms with van der Waals surface area (Å²) in [5.74, 6) is -2.92. The van der Waals surface area contributed by atoms with Crippen LogP contribution in [0.4, 0.5) is 27.8 Å². The number of benzene rings is 1. The number of nitrogens with two attached hydrogens (primary N) is 1. The van der Waals surface area contributed by atoms with Crippen LogP contribution in [0.5, 0.6) is 0 Å². The number of anilines is 1. The lowest BCUT2D eigenvalue weighted by Crippen LogP contribution is -2.36. The highest BCUT2D eigenvalue weighted by Gasteiger charge is 2.36. The van der Waals surface area contributed by atoms with Gasteiger partial charge in [0.05, 0.1) is 29.7 Å². The lowest BCUT2D eigenvalue weighted by atomic mass is 10.1. The number of hydrogen-bond donors (Lipinski definition) is 1. The summed E-state index contributed by atoms with van der Waals surface area (Å²) in [7, 11) is 0. The zero-order valence-electron chi connectivity index (χ0n) is 16.5. The van der Waals surface area contributed by atoms with Crippen molar-refractivity contribution in [1.82, 2.24) is 24.6 Å². The highest BCUT2D eigenvalue weighted by Crippen LogP contribution is 2.35. The Morgan fingerprint density at radius 1 is 0.968 bits per heavy atom. The van der Waals surface area contributed by atoms with Gasteiger partial charge in [0.15, 0.2) is 5.65 Å². The molecular weight excluding hydrogens is 419 g/mol. The maximum Gasteiger partial charge on any atom is 0.416 e. The molecule has 0 saturated carbocycles. The number of rotatable bonds is 4. The monoisotopic (exact) mass is 440 g/mol. The summed E-state index contributed by atoms with van der Waals surface area (Å²) in [6, 6.07) is 3.07. The molecule has 0 spiro atoms. The second-order valence-corrected chi connectivity index (χ2v) is 7.73. The average molecular weight is 440 g/mol. The summed E-state index contributed by atoms with van der Waals surface area (Å²) in [6.07, 6.45) is 0.415. The molecule has 166 valence electrons. The first-order chi connectivity index (χ1) is 14.6. The molecule has 3 heterocycles. The Morgan fingerprint density at radius 3 is 2.39 bits per heavy atom. The van der Waals surface area contributed by atoms with Crippen LogP contribution in [-0.4, -0.2) is 44.3 Å². The Kier molecular flexibility index (Phi) is 5.54. The van der Waals surface area contributed by atoms with Crippen molar-refractivity contribution in [3.8, 4) is 0 Å². The quantitative estimate of drug-likeness (QED) is 0.615. The zero-order valence-corrected chi connectivity index (χ0v) is 16.5. The lowest BCUT2D eigenvalue weighted by Gasteiger charge is -2.26. The molecule has 11 heteroatoms. The third-order valence-corrected chi connectivity index (χ3v) is 5.61. The SMILES string of the molecule is Nc1ncnc2c1cnn2C1CCCN(CC(F)(F)c2ccc(C(F)(F)F)cc2)CC1. The van der Waals surface area contributed by atoms with Crippen molar-refractivity contribution in [2.45, 2.75) is 37.4 Å². The summed E-state index contributed by atoms with van der Waals surface area (Å²) in [6.45, 7) is 0.311. The molecule has 0 amide bonds. The Hall–Kier alpha value is -2.82. The standard InChI is InChI=1S/C20H21F5N6/c21-19(22,13-3-5-14(6-4-13)20(23,24)25)11-30-8-1-2-15(7-9-30)31-18-16(10-29-31)17(26)27-12-28-18/h3-6,10,12,15H,1-2,7-9,11H2,(H2,26,27,28). The number of fused-ring (bicyclic) bond motifs is 1. The smallest absolute Gasteiger partial charge is 0.383 e. The molecule has 0 radical (unpaired) electrons. The van der Waals surface area contributed by atoms with E-state index in [1.165, 1.54) is 6.33 Å². The molecule has 1 aliphatic heterocycles. The molecule has 1 fully saturated rings. The van der Waals surface area contributed by atoms with Crippen LogP contribution in [0, 0.1) is 0 Å². The van der Waals surface area contributed by atoms with E-state index in [4.69, 9.17) is 5.73 Å². The molecule has 6 nitrogen and oxygen atoms in total. The minimum atomic E-state index is -4.56. The highest BCUT2D eigenvalue weighted by molar-refractivity contribution is 5.84. The van der Waals surface area contributed by atoms with Gasteiger partial charge in [-0.15, -0.1) is 0 Å². The van der Waals surface area contributed by atoms with Crippen LogP contribution in [0.25, 0.3) is 11.0 Å². The van der Waals surface area contributed by atoms with E-state index >= 15 is 0 Å². The summed E-state index contributed by atoms with van der Waals surface area (Å²) in [5, 5.41) is 5.02. The van der Waals surface area contributed by atoms with Gasteiger partial charge in [0.25, 0.3) is 5.92 Å². The Balaban J connectivity index is 1.44. The highest BCUT2D eigenvalue weighted by atomic mass is 19.4. The lowest BCUT2D eigenvalue weighted by molar-refractivity contribution is -0.137. The van der Waals surface area contributed by atoms with Gasteiger partial charge in [-0.2, -0.15) is 27.1 Å². The van der Waals surface area contributed by atoms with Gasteiger partial charge in [-0.05, 0) is 37.9 Å². The summed E-state index contributed by atoms with van der Waals surface area (Å²) >= 11 is 0. The molecule has 2 aromatic heterocycles. The van der Waals surface area contributed by atoms with E-state index in [2.05, 4.69) is 15.1 Å². The fourth-order valence-electron chi connectivity index (χ4n) is 3.96. The van der Waals surface area contributed by atoms with E-state index < -0.39 is 29.8 Å². The molecule has 4 rings (SSSR count). The topological polar surface area (TPSA) is 72.9 Å². The Bertz CT molecular complexity index is 1050. The molecule has 3 aromatic rings. The maximum atomic E-state index is 14.8. The average Bonchev–Trinajstić information content (AvgIpc) is 3.02. The van der Waals surface area contributed by atoms with Crippen LogP contribution in [0.15, 0.2) is 36.8 Å². The second-order valence-electron chi connectivity index (χ2n) is 7.73. The normalized spacial score (nSPS) is 18.9. The van der Waals surface area contributed by atoms with Crippen LogP contribution in [0.2, 0.25) is 0 Å². The van der Waals surface area contributed by atoms with Crippen LogP contribution >= 0.6 is 0 Å². The first-order valence-electron chi connectivity index (χ1n) is 9.87. The third kappa shape index (κ3) is 4.46. The van der Waals surface area contributed by atoms with Crippen molar-refractivity contribution in [1.29, 1.82) is 0 Å². The molecule has 1 unspecified atom stereocenters. The van der Waals surface area contributed by atoms with Crippen molar-refractivity contribution in [2.75, 3.05) is 25.4 Å². The Labute approximate surface area is 174 Å². The molecule has 1 aliphatic rings. The van der Waals surface area contributed by atoms with Gasteiger partial charge in [0.1, 0.15) is 12.1 Å². The number of nitrogen functional groups attached to an aromatic ring is 1. The van der Waals surface area contributed by atoms with Gasteiger partial charge >= 0.3 is 6.18 Å². The van der Waals surface area contributed by atoms with Gasteiger partial charge in [0.2, 0.25) is 0 Å². The number of alkyl halides is 5. The minimum Gasteiger partial charge on any atom is -0.383 e. The van der Waals surface area contributed by atoms with E-state index in [1.807, 2.05) is 0 Å². The fraction of sp³-hybridized carbons (Fsp3) is 0.450. The second kappa shape index (κ2) is 8.03. The molecule has 0 bridgehead atoms. The molecule has 1 aromatic carbocycles. The van der Waals surface area contributed by atoms with Crippen molar-refractivity contribution in [3.05, 3.63) is 47.9 Å². The molecule has 1 atom stereocenters. The first-order valence-corrected chi connectivity index (χ1v) is 9.87. The minimum absolute atomic E-state index is 0.0171. The summed E-state index contributed by atoms with van der Waals surface area (Å²) < 4.78 is 69.3. The Morgan fingerprint density at radius 2 is 1.68 bits per heavy atom. The van der Waals surface area contributed by atoms with Gasteiger partial charge in [-0.1, -0.05) is 12.1 Å². The van der Waals surface area contributed by atoms with E-state index in [9.17, 15) is 22.0 Å². The molecule has 1 saturated heterocycles. The summed E-state index contributed by atoms with van der Waals surface area (Å²) in [4.78, 5) is 9.84. The van der Waals surface area contributed by atoms with Gasteiger partial charge in [-0.3, -0.25) is 4.90 Å². The van der Waals surface area contributed by atoms with Crippen molar-refractivity contribution >= 4 is 16.9 Å². The van der Waals surface area contributed by atoms with Gasteiger partial charge in [0, 0.05) is 12.1 Å². The van der Waals surface area contributed by atoms with Crippen molar-refractivity contribution < 1.29 is 22.0 Å². The number of nitrogens with zero attached hydrogens (tertiary/aromatic N) is 5. The van der Waals surface area contributed by atoms with Crippen LogP contribution in [0.1, 0.15) is 36.4 Å². The maximum absolute atomic E-state index is 14.8. The predicted octanol–water partition coefficient (Wildman–Crippen LogP) is 4.25. The predicted molar refractivity (Wildman–Crippen MR) is 104 cm³/mol. The number of aromatic nitrogens is 4. The number of hydrogen-bond acceptors (Lipinski definition) is 5. The van der Waals surface area contributed by atoms with Gasteiger partial charge < -0.3 is 5.73 Å². The number of halogens is 5. The van der Waals surface area contributed by atoms with E-state index in [0.717, 1.165) is 18.6 Å². The van der Waals surface area contributed by atoms with E-state index in [-0.39, 0.29) is 6.04 Å². The number of likely N-dealkylation sites (tertiary alicyclic amines) is 1. The van der Waals surface area contributed by atoms with Crippen LogP contribution in [-0.2, 0) is 12.1 Å². The van der Waals surface area contributed by atoms with Gasteiger partial charge in [-0.25, -0.2) is 14.6 Å². The van der Waals surface area contributed by atoms with E-state index in [0.29, 0.717) is 54.9 Å².